The fraction of sp³-hybridized carbons (Fsp3) is 0.647. The van der Waals surface area contributed by atoms with E-state index in [2.05, 4.69) is 35.6 Å². The molecule has 2 rings (SSSR count). The minimum Gasteiger partial charge on any atom is -0.385 e. The van der Waals surface area contributed by atoms with Crippen molar-refractivity contribution in [3.05, 3.63) is 35.9 Å². The summed E-state index contributed by atoms with van der Waals surface area (Å²) in [5, 5.41) is 3.41. The van der Waals surface area contributed by atoms with E-state index in [-0.39, 0.29) is 0 Å². The summed E-state index contributed by atoms with van der Waals surface area (Å²) in [4.78, 5) is 0. The first-order valence-corrected chi connectivity index (χ1v) is 7.68. The molecule has 1 saturated carbocycles. The maximum atomic E-state index is 6.10. The molecule has 3 heteroatoms. The number of benzene rings is 1. The zero-order valence-corrected chi connectivity index (χ0v) is 12.7. The molecule has 0 spiro atoms. The summed E-state index contributed by atoms with van der Waals surface area (Å²) >= 11 is 0. The molecule has 1 aromatic carbocycles. The summed E-state index contributed by atoms with van der Waals surface area (Å²) in [6.07, 6.45) is 4.83. The van der Waals surface area contributed by atoms with Gasteiger partial charge in [0, 0.05) is 26.4 Å². The Kier molecular flexibility index (Phi) is 6.51. The third kappa shape index (κ3) is 4.30. The Balaban J connectivity index is 1.89. The number of rotatable bonds is 7. The van der Waals surface area contributed by atoms with Gasteiger partial charge in [-0.3, -0.25) is 0 Å². The number of ether oxygens (including phenoxy) is 2. The van der Waals surface area contributed by atoms with Crippen LogP contribution in [0.4, 0.5) is 0 Å². The van der Waals surface area contributed by atoms with E-state index in [1.54, 1.807) is 7.11 Å². The van der Waals surface area contributed by atoms with Crippen molar-refractivity contribution in [1.29, 1.82) is 0 Å². The van der Waals surface area contributed by atoms with Crippen LogP contribution in [0.2, 0.25) is 0 Å². The van der Waals surface area contributed by atoms with Gasteiger partial charge in [-0.2, -0.15) is 0 Å². The molecule has 0 aromatic heterocycles. The van der Waals surface area contributed by atoms with E-state index in [0.717, 1.165) is 26.1 Å². The Hall–Kier alpha value is -0.900. The largest absolute Gasteiger partial charge is 0.385 e. The molecule has 1 aliphatic carbocycles. The molecule has 1 aromatic rings. The summed E-state index contributed by atoms with van der Waals surface area (Å²) in [5.41, 5.74) is 1.45. The lowest BCUT2D eigenvalue weighted by atomic mass is 9.80. The van der Waals surface area contributed by atoms with Crippen LogP contribution in [0.1, 0.15) is 37.2 Å². The van der Waals surface area contributed by atoms with Gasteiger partial charge in [-0.05, 0) is 44.2 Å². The first kappa shape index (κ1) is 15.5. The third-order valence-corrected chi connectivity index (χ3v) is 4.26. The molecular formula is C17H27NO2. The van der Waals surface area contributed by atoms with Gasteiger partial charge < -0.3 is 14.8 Å². The monoisotopic (exact) mass is 277 g/mol. The highest BCUT2D eigenvalue weighted by molar-refractivity contribution is 5.20. The van der Waals surface area contributed by atoms with E-state index < -0.39 is 0 Å². The summed E-state index contributed by atoms with van der Waals surface area (Å²) in [7, 11) is 3.78. The van der Waals surface area contributed by atoms with Crippen molar-refractivity contribution >= 4 is 0 Å². The van der Waals surface area contributed by atoms with Crippen LogP contribution in [0, 0.1) is 0 Å². The van der Waals surface area contributed by atoms with Crippen LogP contribution < -0.4 is 5.32 Å². The molecule has 0 radical (unpaired) electrons. The van der Waals surface area contributed by atoms with Crippen LogP contribution >= 0.6 is 0 Å². The number of likely N-dealkylation sites (N-methyl/N-ethyl adjacent to an activating group) is 1. The minimum absolute atomic E-state index is 0.316. The topological polar surface area (TPSA) is 30.5 Å². The zero-order valence-electron chi connectivity index (χ0n) is 12.7. The highest BCUT2D eigenvalue weighted by Gasteiger charge is 2.30. The van der Waals surface area contributed by atoms with Gasteiger partial charge in [-0.15, -0.1) is 0 Å². The first-order valence-electron chi connectivity index (χ1n) is 7.68. The van der Waals surface area contributed by atoms with Gasteiger partial charge in [-0.25, -0.2) is 0 Å². The second kappa shape index (κ2) is 8.40. The van der Waals surface area contributed by atoms with Crippen LogP contribution in [-0.2, 0) is 9.47 Å². The Labute approximate surface area is 122 Å². The maximum absolute atomic E-state index is 6.10. The smallest absolute Gasteiger partial charge is 0.0733 e. The van der Waals surface area contributed by atoms with Crippen LogP contribution in [0.3, 0.4) is 0 Å². The van der Waals surface area contributed by atoms with Crippen molar-refractivity contribution in [1.82, 2.24) is 5.32 Å². The number of nitrogens with one attached hydrogen (secondary N) is 1. The molecule has 3 atom stereocenters. The second-order valence-corrected chi connectivity index (χ2v) is 5.57. The third-order valence-electron chi connectivity index (χ3n) is 4.26. The fourth-order valence-corrected chi connectivity index (χ4v) is 3.11. The highest BCUT2D eigenvalue weighted by Crippen LogP contribution is 2.34. The van der Waals surface area contributed by atoms with Crippen molar-refractivity contribution in [3.63, 3.8) is 0 Å². The quantitative estimate of drug-likeness (QED) is 0.777. The normalized spacial score (nSPS) is 26.6. The van der Waals surface area contributed by atoms with Crippen LogP contribution in [-0.4, -0.2) is 39.5 Å². The van der Waals surface area contributed by atoms with Gasteiger partial charge in [-0.1, -0.05) is 30.3 Å². The maximum Gasteiger partial charge on any atom is 0.0733 e. The zero-order chi connectivity index (χ0) is 14.2. The predicted molar refractivity (Wildman–Crippen MR) is 82.1 cm³/mol. The molecule has 0 bridgehead atoms. The summed E-state index contributed by atoms with van der Waals surface area (Å²) in [5.74, 6) is 0.633. The molecule has 1 fully saturated rings. The van der Waals surface area contributed by atoms with Gasteiger partial charge in [0.25, 0.3) is 0 Å². The van der Waals surface area contributed by atoms with Crippen LogP contribution in [0.5, 0.6) is 0 Å². The molecular weight excluding hydrogens is 250 g/mol. The van der Waals surface area contributed by atoms with Crippen molar-refractivity contribution in [2.24, 2.45) is 0 Å². The lowest BCUT2D eigenvalue weighted by Crippen LogP contribution is -2.43. The standard InChI is InChI=1S/C17H27NO2/c1-18-16-10-9-15(14-7-4-3-5-8-14)13-17(16)20-12-6-11-19-2/h3-5,7-8,15-18H,6,9-13H2,1-2H3. The molecule has 3 nitrogen and oxygen atoms in total. The first-order chi connectivity index (χ1) is 9.85. The van der Waals surface area contributed by atoms with E-state index in [9.17, 15) is 0 Å². The van der Waals surface area contributed by atoms with Gasteiger partial charge in [0.15, 0.2) is 0 Å². The van der Waals surface area contributed by atoms with E-state index in [4.69, 9.17) is 9.47 Å². The summed E-state index contributed by atoms with van der Waals surface area (Å²) in [6, 6.07) is 11.3. The fourth-order valence-electron chi connectivity index (χ4n) is 3.11. The molecule has 112 valence electrons. The van der Waals surface area contributed by atoms with E-state index in [1.807, 2.05) is 7.05 Å². The molecule has 1 N–H and O–H groups in total. The van der Waals surface area contributed by atoms with E-state index in [0.29, 0.717) is 18.1 Å². The lowest BCUT2D eigenvalue weighted by Gasteiger charge is -2.36. The average molecular weight is 277 g/mol. The van der Waals surface area contributed by atoms with Crippen molar-refractivity contribution < 1.29 is 9.47 Å². The number of hydrogen-bond donors (Lipinski definition) is 1. The van der Waals surface area contributed by atoms with Gasteiger partial charge in [0.2, 0.25) is 0 Å². The number of hydrogen-bond acceptors (Lipinski definition) is 3. The van der Waals surface area contributed by atoms with Gasteiger partial charge in [0.1, 0.15) is 0 Å². The predicted octanol–water partition coefficient (Wildman–Crippen LogP) is 2.96. The Morgan fingerprint density at radius 3 is 2.65 bits per heavy atom. The van der Waals surface area contributed by atoms with Gasteiger partial charge >= 0.3 is 0 Å². The molecule has 0 amide bonds. The minimum atomic E-state index is 0.316. The Morgan fingerprint density at radius 2 is 1.95 bits per heavy atom. The van der Waals surface area contributed by atoms with Crippen molar-refractivity contribution in [3.8, 4) is 0 Å². The lowest BCUT2D eigenvalue weighted by molar-refractivity contribution is -0.00598. The van der Waals surface area contributed by atoms with E-state index >= 15 is 0 Å². The average Bonchev–Trinajstić information content (AvgIpc) is 2.52. The van der Waals surface area contributed by atoms with Crippen LogP contribution in [0.25, 0.3) is 0 Å². The number of methoxy groups -OCH3 is 1. The SMILES string of the molecule is CNC1CCC(c2ccccc2)CC1OCCCOC. The van der Waals surface area contributed by atoms with Gasteiger partial charge in [0.05, 0.1) is 6.10 Å². The summed E-state index contributed by atoms with van der Waals surface area (Å²) < 4.78 is 11.2. The molecule has 0 saturated heterocycles. The van der Waals surface area contributed by atoms with E-state index in [1.165, 1.54) is 18.4 Å². The Morgan fingerprint density at radius 1 is 1.15 bits per heavy atom. The van der Waals surface area contributed by atoms with Crippen molar-refractivity contribution in [2.75, 3.05) is 27.4 Å². The molecule has 1 aliphatic rings. The molecule has 20 heavy (non-hydrogen) atoms. The van der Waals surface area contributed by atoms with Crippen molar-refractivity contribution in [2.45, 2.75) is 43.7 Å². The van der Waals surface area contributed by atoms with Crippen LogP contribution in [0.15, 0.2) is 30.3 Å². The highest BCUT2D eigenvalue weighted by atomic mass is 16.5. The molecule has 0 aliphatic heterocycles. The Bertz CT molecular complexity index is 369. The molecule has 0 heterocycles. The second-order valence-electron chi connectivity index (χ2n) is 5.57. The summed E-state index contributed by atoms with van der Waals surface area (Å²) in [6.45, 7) is 1.57. The molecule has 3 unspecified atom stereocenters.